The number of urea groups is 1. The predicted octanol–water partition coefficient (Wildman–Crippen LogP) is 0.990. The number of hydrogen-bond donors (Lipinski definition) is 3. The minimum absolute atomic E-state index is 0.378. The molecule has 0 spiro atoms. The lowest BCUT2D eigenvalue weighted by molar-refractivity contribution is -0.141. The van der Waals surface area contributed by atoms with E-state index in [1.54, 1.807) is 31.6 Å². The highest BCUT2D eigenvalue weighted by molar-refractivity contribution is 5.83. The summed E-state index contributed by atoms with van der Waals surface area (Å²) in [6, 6.07) is -1.43. The largest absolute Gasteiger partial charge is 0.480 e. The van der Waals surface area contributed by atoms with Gasteiger partial charge in [0, 0.05) is 12.7 Å². The lowest BCUT2D eigenvalue weighted by Crippen LogP contribution is -2.52. The molecule has 3 N–H and O–H groups in total. The number of hydrogen-bond acceptors (Lipinski definition) is 3. The van der Waals surface area contributed by atoms with Crippen LogP contribution in [0.15, 0.2) is 12.4 Å². The van der Waals surface area contributed by atoms with Crippen molar-refractivity contribution < 1.29 is 14.7 Å². The molecule has 1 aromatic rings. The molecule has 0 saturated heterocycles. The third kappa shape index (κ3) is 4.91. The first-order chi connectivity index (χ1) is 9.20. The Balaban J connectivity index is 2.41. The van der Waals surface area contributed by atoms with E-state index in [0.29, 0.717) is 13.1 Å². The number of carbonyl (C=O) groups excluding carboxylic acids is 1. The van der Waals surface area contributed by atoms with E-state index in [1.807, 2.05) is 13.1 Å². The SMILES string of the molecule is Cc1cnn(CCNC(=O)N[C@@H](C(=O)O)C(C)(C)C)c1. The second-order valence-electron chi connectivity index (χ2n) is 5.82. The van der Waals surface area contributed by atoms with Gasteiger partial charge in [-0.1, -0.05) is 20.8 Å². The number of aliphatic carboxylic acids is 1. The summed E-state index contributed by atoms with van der Waals surface area (Å²) < 4.78 is 1.72. The quantitative estimate of drug-likeness (QED) is 0.750. The maximum Gasteiger partial charge on any atom is 0.326 e. The molecule has 112 valence electrons. The summed E-state index contributed by atoms with van der Waals surface area (Å²) in [7, 11) is 0. The number of rotatable bonds is 5. The Kier molecular flexibility index (Phi) is 5.12. The molecule has 7 heteroatoms. The predicted molar refractivity (Wildman–Crippen MR) is 74.4 cm³/mol. The molecule has 0 aliphatic rings. The van der Waals surface area contributed by atoms with Crippen LogP contribution in [0.2, 0.25) is 0 Å². The van der Waals surface area contributed by atoms with Crippen LogP contribution in [0.5, 0.6) is 0 Å². The molecule has 1 atom stereocenters. The number of carbonyl (C=O) groups is 2. The Morgan fingerprint density at radius 3 is 2.55 bits per heavy atom. The van der Waals surface area contributed by atoms with Crippen LogP contribution in [0.25, 0.3) is 0 Å². The Morgan fingerprint density at radius 2 is 2.10 bits per heavy atom. The highest BCUT2D eigenvalue weighted by Gasteiger charge is 2.32. The van der Waals surface area contributed by atoms with Crippen molar-refractivity contribution in [3.63, 3.8) is 0 Å². The first kappa shape index (κ1) is 16.0. The van der Waals surface area contributed by atoms with Gasteiger partial charge >= 0.3 is 12.0 Å². The number of aromatic nitrogens is 2. The third-order valence-electron chi connectivity index (χ3n) is 2.78. The second kappa shape index (κ2) is 6.40. The fraction of sp³-hybridized carbons (Fsp3) is 0.615. The lowest BCUT2D eigenvalue weighted by atomic mass is 9.87. The fourth-order valence-corrected chi connectivity index (χ4v) is 1.70. The van der Waals surface area contributed by atoms with E-state index in [9.17, 15) is 9.59 Å². The molecule has 1 rings (SSSR count). The number of carboxylic acids is 1. The van der Waals surface area contributed by atoms with Crippen LogP contribution in [-0.2, 0) is 11.3 Å². The summed E-state index contributed by atoms with van der Waals surface area (Å²) in [5.74, 6) is -1.05. The molecule has 0 unspecified atom stereocenters. The van der Waals surface area contributed by atoms with E-state index in [2.05, 4.69) is 15.7 Å². The van der Waals surface area contributed by atoms with Crippen molar-refractivity contribution in [3.8, 4) is 0 Å². The molecule has 1 aromatic heterocycles. The van der Waals surface area contributed by atoms with Gasteiger partial charge in [-0.05, 0) is 17.9 Å². The third-order valence-corrected chi connectivity index (χ3v) is 2.78. The average molecular weight is 282 g/mol. The Labute approximate surface area is 118 Å². The van der Waals surface area contributed by atoms with E-state index >= 15 is 0 Å². The Hall–Kier alpha value is -2.05. The number of aryl methyl sites for hydroxylation is 1. The molecular formula is C13H22N4O3. The van der Waals surface area contributed by atoms with Crippen molar-refractivity contribution in [3.05, 3.63) is 18.0 Å². The summed E-state index contributed by atoms with van der Waals surface area (Å²) in [6.07, 6.45) is 3.61. The first-order valence-corrected chi connectivity index (χ1v) is 6.46. The molecule has 0 aromatic carbocycles. The van der Waals surface area contributed by atoms with E-state index in [1.165, 1.54) is 0 Å². The standard InChI is InChI=1S/C13H22N4O3/c1-9-7-15-17(8-9)6-5-14-12(20)16-10(11(18)19)13(2,3)4/h7-8,10H,5-6H2,1-4H3,(H,18,19)(H2,14,16,20)/t10-/m0/s1. The smallest absolute Gasteiger partial charge is 0.326 e. The van der Waals surface area contributed by atoms with Crippen LogP contribution in [0.4, 0.5) is 4.79 Å². The maximum atomic E-state index is 11.7. The second-order valence-corrected chi connectivity index (χ2v) is 5.82. The molecule has 0 aliphatic heterocycles. The van der Waals surface area contributed by atoms with Gasteiger partial charge in [0.2, 0.25) is 0 Å². The van der Waals surface area contributed by atoms with Crippen LogP contribution in [-0.4, -0.2) is 39.5 Å². The number of nitrogens with one attached hydrogen (secondary N) is 2. The van der Waals surface area contributed by atoms with E-state index < -0.39 is 23.5 Å². The summed E-state index contributed by atoms with van der Waals surface area (Å²) in [6.45, 7) is 8.14. The molecule has 2 amide bonds. The molecule has 0 fully saturated rings. The van der Waals surface area contributed by atoms with Crippen LogP contribution < -0.4 is 10.6 Å². The van der Waals surface area contributed by atoms with Crippen LogP contribution in [0, 0.1) is 12.3 Å². The lowest BCUT2D eigenvalue weighted by Gasteiger charge is -2.27. The highest BCUT2D eigenvalue weighted by Crippen LogP contribution is 2.19. The summed E-state index contributed by atoms with van der Waals surface area (Å²) in [5.41, 5.74) is 0.496. The van der Waals surface area contributed by atoms with Gasteiger partial charge in [-0.3, -0.25) is 4.68 Å². The molecular weight excluding hydrogens is 260 g/mol. The van der Waals surface area contributed by atoms with Gasteiger partial charge in [0.25, 0.3) is 0 Å². The number of carboxylic acid groups (broad SMARTS) is 1. The first-order valence-electron chi connectivity index (χ1n) is 6.46. The van der Waals surface area contributed by atoms with Crippen LogP contribution >= 0.6 is 0 Å². The van der Waals surface area contributed by atoms with Crippen LogP contribution in [0.3, 0.4) is 0 Å². The van der Waals surface area contributed by atoms with Gasteiger partial charge in [0.15, 0.2) is 0 Å². The van der Waals surface area contributed by atoms with Gasteiger partial charge in [0.05, 0.1) is 12.7 Å². The van der Waals surface area contributed by atoms with Crippen molar-refractivity contribution in [2.24, 2.45) is 5.41 Å². The zero-order valence-electron chi connectivity index (χ0n) is 12.3. The highest BCUT2D eigenvalue weighted by atomic mass is 16.4. The van der Waals surface area contributed by atoms with Crippen molar-refractivity contribution in [1.82, 2.24) is 20.4 Å². The molecule has 0 radical (unpaired) electrons. The topological polar surface area (TPSA) is 96.3 Å². The van der Waals surface area contributed by atoms with E-state index in [-0.39, 0.29) is 0 Å². The fourth-order valence-electron chi connectivity index (χ4n) is 1.70. The molecule has 0 aliphatic carbocycles. The zero-order chi connectivity index (χ0) is 15.3. The minimum Gasteiger partial charge on any atom is -0.480 e. The van der Waals surface area contributed by atoms with Gasteiger partial charge < -0.3 is 15.7 Å². The summed E-state index contributed by atoms with van der Waals surface area (Å²) in [5, 5.41) is 18.3. The van der Waals surface area contributed by atoms with E-state index in [4.69, 9.17) is 5.11 Å². The van der Waals surface area contributed by atoms with Crippen molar-refractivity contribution >= 4 is 12.0 Å². The normalized spacial score (nSPS) is 12.8. The van der Waals surface area contributed by atoms with E-state index in [0.717, 1.165) is 5.56 Å². The van der Waals surface area contributed by atoms with Gasteiger partial charge in [-0.25, -0.2) is 9.59 Å². The molecule has 20 heavy (non-hydrogen) atoms. The average Bonchev–Trinajstić information content (AvgIpc) is 2.70. The molecule has 1 heterocycles. The van der Waals surface area contributed by atoms with Crippen molar-refractivity contribution in [2.45, 2.75) is 40.3 Å². The minimum atomic E-state index is -1.05. The van der Waals surface area contributed by atoms with Crippen LogP contribution in [0.1, 0.15) is 26.3 Å². The molecule has 0 bridgehead atoms. The van der Waals surface area contributed by atoms with Crippen molar-refractivity contribution in [1.29, 1.82) is 0 Å². The Morgan fingerprint density at radius 1 is 1.45 bits per heavy atom. The van der Waals surface area contributed by atoms with Crippen molar-refractivity contribution in [2.75, 3.05) is 6.54 Å². The van der Waals surface area contributed by atoms with Gasteiger partial charge in [0.1, 0.15) is 6.04 Å². The number of amides is 2. The summed E-state index contributed by atoms with van der Waals surface area (Å²) >= 11 is 0. The van der Waals surface area contributed by atoms with Gasteiger partial charge in [-0.15, -0.1) is 0 Å². The molecule has 0 saturated carbocycles. The maximum absolute atomic E-state index is 11.7. The zero-order valence-corrected chi connectivity index (χ0v) is 12.3. The Bertz CT molecular complexity index is 476. The monoisotopic (exact) mass is 282 g/mol. The molecule has 7 nitrogen and oxygen atoms in total. The number of nitrogens with zero attached hydrogens (tertiary/aromatic N) is 2. The van der Waals surface area contributed by atoms with Gasteiger partial charge in [-0.2, -0.15) is 5.10 Å². The summed E-state index contributed by atoms with van der Waals surface area (Å²) in [4.78, 5) is 22.8.